The number of phosphoric ester groups is 1. The molecule has 0 radical (unpaired) electrons. The van der Waals surface area contributed by atoms with Gasteiger partial charge >= 0.3 is 7.82 Å². The third kappa shape index (κ3) is 17.6. The maximum atomic E-state index is 14.0. The molecule has 6 amide bonds. The number of nitrogens with zero attached hydrogens (tertiary/aromatic N) is 4. The highest BCUT2D eigenvalue weighted by Crippen LogP contribution is 2.38. The Kier molecular flexibility index (Phi) is 21.2. The van der Waals surface area contributed by atoms with E-state index in [4.69, 9.17) is 10.6 Å². The third-order valence-electron chi connectivity index (χ3n) is 10.0. The SMILES string of the molecule is CC(=O)N1CCC[C@H]1C(=O)N[C@@H](CC(C)C)C(=O)N[C@@H](Cc1cncn1CCCCCCO/N=C/Cc1ccccc1)C(=O)N[C@@H](CO)C(=O)N[C@H](C(N)=O)[C@@H](C)OP(=O)(O)O. The number of carbonyl (C=O) groups excluding carboxylic acids is 6. The number of nitrogens with one attached hydrogen (secondary N) is 4. The molecule has 1 aliphatic heterocycles. The van der Waals surface area contributed by atoms with Crippen LogP contribution >= 0.6 is 7.82 Å². The molecule has 344 valence electrons. The van der Waals surface area contributed by atoms with Crippen molar-refractivity contribution < 1.29 is 57.6 Å². The molecule has 21 nitrogen and oxygen atoms in total. The molecule has 1 fully saturated rings. The largest absolute Gasteiger partial charge is 0.469 e. The molecule has 6 atom stereocenters. The number of rotatable bonds is 27. The quantitative estimate of drug-likeness (QED) is 0.0258. The zero-order valence-corrected chi connectivity index (χ0v) is 36.6. The van der Waals surface area contributed by atoms with Gasteiger partial charge in [-0.3, -0.25) is 33.3 Å². The van der Waals surface area contributed by atoms with Gasteiger partial charge in [-0.15, -0.1) is 0 Å². The van der Waals surface area contributed by atoms with Crippen molar-refractivity contribution in [1.82, 2.24) is 35.7 Å². The number of aliphatic hydroxyl groups is 1. The molecule has 1 aliphatic rings. The molecule has 0 saturated carbocycles. The zero-order chi connectivity index (χ0) is 45.8. The summed E-state index contributed by atoms with van der Waals surface area (Å²) in [5.41, 5.74) is 7.02. The van der Waals surface area contributed by atoms with Crippen LogP contribution in [0.3, 0.4) is 0 Å². The molecule has 0 bridgehead atoms. The second-order valence-electron chi connectivity index (χ2n) is 15.6. The van der Waals surface area contributed by atoms with Crippen LogP contribution in [0.15, 0.2) is 48.0 Å². The summed E-state index contributed by atoms with van der Waals surface area (Å²) in [6.07, 6.45) is 8.16. The Hall–Kier alpha value is -5.21. The number of phosphoric acid groups is 1. The van der Waals surface area contributed by atoms with Gasteiger partial charge in [0.25, 0.3) is 0 Å². The van der Waals surface area contributed by atoms with Crippen molar-refractivity contribution >= 4 is 49.5 Å². The van der Waals surface area contributed by atoms with Crippen LogP contribution in [0.5, 0.6) is 0 Å². The van der Waals surface area contributed by atoms with Crippen LogP contribution in [-0.2, 0) is 62.1 Å². The molecule has 1 saturated heterocycles. The Morgan fingerprint density at radius 1 is 0.952 bits per heavy atom. The first-order valence-electron chi connectivity index (χ1n) is 20.7. The minimum Gasteiger partial charge on any atom is -0.396 e. The maximum Gasteiger partial charge on any atom is 0.469 e. The number of aliphatic hydroxyl groups excluding tert-OH is 1. The highest BCUT2D eigenvalue weighted by Gasteiger charge is 2.37. The lowest BCUT2D eigenvalue weighted by molar-refractivity contribution is -0.139. The number of aromatic nitrogens is 2. The fourth-order valence-electron chi connectivity index (χ4n) is 6.88. The Morgan fingerprint density at radius 3 is 2.26 bits per heavy atom. The van der Waals surface area contributed by atoms with Crippen LogP contribution in [0.4, 0.5) is 0 Å². The molecule has 1 aromatic carbocycles. The molecule has 2 heterocycles. The number of carbonyl (C=O) groups is 6. The summed E-state index contributed by atoms with van der Waals surface area (Å²) < 4.78 is 17.7. The van der Waals surface area contributed by atoms with Crippen LogP contribution in [0.2, 0.25) is 0 Å². The van der Waals surface area contributed by atoms with E-state index in [0.717, 1.165) is 38.2 Å². The van der Waals surface area contributed by atoms with Crippen LogP contribution in [0.1, 0.15) is 83.9 Å². The summed E-state index contributed by atoms with van der Waals surface area (Å²) in [4.78, 5) is 108. The molecule has 2 aromatic rings. The lowest BCUT2D eigenvalue weighted by Gasteiger charge is -2.28. The van der Waals surface area contributed by atoms with Gasteiger partial charge in [0.2, 0.25) is 35.4 Å². The molecule has 62 heavy (non-hydrogen) atoms. The van der Waals surface area contributed by atoms with Crippen molar-refractivity contribution in [2.24, 2.45) is 16.8 Å². The Bertz CT molecular complexity index is 1860. The van der Waals surface area contributed by atoms with Gasteiger partial charge in [-0.2, -0.15) is 0 Å². The molecule has 3 rings (SSSR count). The Balaban J connectivity index is 1.73. The zero-order valence-electron chi connectivity index (χ0n) is 35.7. The van der Waals surface area contributed by atoms with Gasteiger partial charge in [-0.25, -0.2) is 9.55 Å². The van der Waals surface area contributed by atoms with Gasteiger partial charge in [0.15, 0.2) is 0 Å². The predicted octanol–water partition coefficient (Wildman–Crippen LogP) is 0.203. The standard InChI is InChI=1S/C40H62N9O12P/c1-26(2)21-31(45-40(56)34-15-12-19-49(34)28(4)51)37(53)44-32(38(54)46-33(24-50)39(55)47-35(36(41)52)27(3)61-62(57,58)59)22-30-23-42-25-48(30)18-10-5-6-11-20-60-43-17-16-29-13-8-7-9-14-29/h7-9,13-14,17,23,25-27,31-35,50H,5-6,10-12,15-16,18-22,24H2,1-4H3,(H2,41,52)(H,44,53)(H,45,56)(H,46,54)(H,47,55)(H2,57,58,59)/b43-17+/t27-,31+,32+,33+,34+,35+/m1/s1. The molecule has 9 N–H and O–H groups in total. The number of aryl methyl sites for hydroxylation is 1. The minimum absolute atomic E-state index is 0.0937. The van der Waals surface area contributed by atoms with Crippen LogP contribution in [-0.4, -0.2) is 127 Å². The van der Waals surface area contributed by atoms with E-state index < -0.39 is 80.3 Å². The van der Waals surface area contributed by atoms with Gasteiger partial charge in [0.05, 0.1) is 19.0 Å². The van der Waals surface area contributed by atoms with Gasteiger partial charge in [-0.05, 0) is 56.9 Å². The molecule has 0 spiro atoms. The van der Waals surface area contributed by atoms with E-state index in [1.807, 2.05) is 48.7 Å². The van der Waals surface area contributed by atoms with Crippen molar-refractivity contribution in [3.05, 3.63) is 54.1 Å². The average molecular weight is 892 g/mol. The number of likely N-dealkylation sites (tertiary alicyclic amines) is 1. The van der Waals surface area contributed by atoms with E-state index in [0.29, 0.717) is 44.7 Å². The lowest BCUT2D eigenvalue weighted by atomic mass is 10.0. The number of hydrogen-bond donors (Lipinski definition) is 8. The lowest BCUT2D eigenvalue weighted by Crippen LogP contribution is -2.61. The fraction of sp³-hybridized carbons (Fsp3) is 0.600. The van der Waals surface area contributed by atoms with Crippen molar-refractivity contribution in [2.45, 2.75) is 128 Å². The first-order chi connectivity index (χ1) is 29.4. The smallest absolute Gasteiger partial charge is 0.396 e. The number of benzene rings is 1. The molecule has 0 aliphatic carbocycles. The molecule has 1 aromatic heterocycles. The highest BCUT2D eigenvalue weighted by molar-refractivity contribution is 7.46. The summed E-state index contributed by atoms with van der Waals surface area (Å²) in [7, 11) is -5.12. The second kappa shape index (κ2) is 25.7. The van der Waals surface area contributed by atoms with E-state index in [-0.39, 0.29) is 24.7 Å². The van der Waals surface area contributed by atoms with E-state index >= 15 is 0 Å². The van der Waals surface area contributed by atoms with Crippen molar-refractivity contribution in [3.63, 3.8) is 0 Å². The first kappa shape index (κ1) is 51.1. The number of amides is 6. The molecule has 22 heteroatoms. The van der Waals surface area contributed by atoms with Crippen molar-refractivity contribution in [1.29, 1.82) is 0 Å². The van der Waals surface area contributed by atoms with Crippen LogP contribution < -0.4 is 27.0 Å². The number of primary amides is 1. The van der Waals surface area contributed by atoms with Crippen molar-refractivity contribution in [3.8, 4) is 0 Å². The van der Waals surface area contributed by atoms with E-state index in [9.17, 15) is 48.2 Å². The fourth-order valence-corrected chi connectivity index (χ4v) is 7.43. The van der Waals surface area contributed by atoms with E-state index in [1.165, 1.54) is 18.0 Å². The number of hydrogen-bond acceptors (Lipinski definition) is 12. The summed E-state index contributed by atoms with van der Waals surface area (Å²) >= 11 is 0. The highest BCUT2D eigenvalue weighted by atomic mass is 31.2. The van der Waals surface area contributed by atoms with Gasteiger partial charge in [0.1, 0.15) is 36.8 Å². The Labute approximate surface area is 361 Å². The van der Waals surface area contributed by atoms with Crippen molar-refractivity contribution in [2.75, 3.05) is 19.8 Å². The Morgan fingerprint density at radius 2 is 1.61 bits per heavy atom. The maximum absolute atomic E-state index is 14.0. The topological polar surface area (TPSA) is 306 Å². The monoisotopic (exact) mass is 891 g/mol. The third-order valence-corrected chi connectivity index (χ3v) is 10.6. The first-order valence-corrected chi connectivity index (χ1v) is 22.2. The minimum atomic E-state index is -5.12. The number of oxime groups is 1. The van der Waals surface area contributed by atoms with E-state index in [2.05, 4.69) is 35.9 Å². The number of nitrogens with two attached hydrogens (primary N) is 1. The average Bonchev–Trinajstić information content (AvgIpc) is 3.89. The van der Waals surface area contributed by atoms with Gasteiger partial charge in [-0.1, -0.05) is 55.8 Å². The predicted molar refractivity (Wildman–Crippen MR) is 225 cm³/mol. The summed E-state index contributed by atoms with van der Waals surface area (Å²) in [5.74, 6) is -4.92. The number of imidazole rings is 1. The van der Waals surface area contributed by atoms with Gasteiger partial charge in [0, 0.05) is 51.0 Å². The number of unbranched alkanes of at least 4 members (excludes halogenated alkanes) is 3. The van der Waals surface area contributed by atoms with Gasteiger partial charge < -0.3 is 56.2 Å². The van der Waals surface area contributed by atoms with E-state index in [1.54, 1.807) is 12.5 Å². The summed E-state index contributed by atoms with van der Waals surface area (Å²) in [6, 6.07) is 3.08. The second-order valence-corrected chi connectivity index (χ2v) is 16.8. The summed E-state index contributed by atoms with van der Waals surface area (Å²) in [6.45, 7) is 6.50. The van der Waals surface area contributed by atoms with Crippen LogP contribution in [0, 0.1) is 5.92 Å². The molecular formula is C40H62N9O12P. The normalized spacial score (nSPS) is 16.6. The summed E-state index contributed by atoms with van der Waals surface area (Å²) in [5, 5.41) is 24.1. The molecule has 0 unspecified atom stereocenters. The molecular weight excluding hydrogens is 829 g/mol. The van der Waals surface area contributed by atoms with Crippen LogP contribution in [0.25, 0.3) is 0 Å².